The second-order valence-electron chi connectivity index (χ2n) is 5.76. The van der Waals surface area contributed by atoms with Crippen LogP contribution < -0.4 is 10.7 Å². The number of hydrogen-bond acceptors (Lipinski definition) is 4. The molecular weight excluding hydrogens is 351 g/mol. The molecule has 0 aliphatic heterocycles. The summed E-state index contributed by atoms with van der Waals surface area (Å²) in [7, 11) is 1.45. The fourth-order valence-electron chi connectivity index (χ4n) is 2.43. The molecule has 140 valence electrons. The molecule has 2 rings (SSSR count). The van der Waals surface area contributed by atoms with Gasteiger partial charge in [0.15, 0.2) is 5.69 Å². The van der Waals surface area contributed by atoms with E-state index in [1.165, 1.54) is 32.2 Å². The largest absolute Gasteiger partial charge is 0.418 e. The monoisotopic (exact) mass is 369 g/mol. The fraction of sp³-hybridized carbons (Fsp3) is 0.353. The maximum absolute atomic E-state index is 13.3. The third kappa shape index (κ3) is 4.29. The number of amides is 1. The van der Waals surface area contributed by atoms with E-state index < -0.39 is 34.8 Å². The van der Waals surface area contributed by atoms with Crippen molar-refractivity contribution in [3.05, 3.63) is 57.5 Å². The maximum atomic E-state index is 13.3. The third-order valence-electron chi connectivity index (χ3n) is 3.55. The topological polar surface area (TPSA) is 73.2 Å². The summed E-state index contributed by atoms with van der Waals surface area (Å²) in [6, 6.07) is 5.49. The van der Waals surface area contributed by atoms with Gasteiger partial charge in [-0.15, -0.1) is 0 Å². The highest BCUT2D eigenvalue weighted by Crippen LogP contribution is 2.33. The number of aryl methyl sites for hydroxylation is 1. The smallest absolute Gasteiger partial charge is 0.383 e. The molecule has 0 bridgehead atoms. The first-order valence-corrected chi connectivity index (χ1v) is 7.72. The Bertz CT molecular complexity index is 862. The van der Waals surface area contributed by atoms with Crippen LogP contribution in [0.4, 0.5) is 13.2 Å². The molecule has 0 unspecified atom stereocenters. The van der Waals surface area contributed by atoms with Crippen molar-refractivity contribution in [2.45, 2.75) is 26.1 Å². The number of hydrogen-bond donors (Lipinski definition) is 1. The van der Waals surface area contributed by atoms with Crippen LogP contribution in [0.2, 0.25) is 0 Å². The van der Waals surface area contributed by atoms with E-state index in [0.29, 0.717) is 0 Å². The van der Waals surface area contributed by atoms with Crippen molar-refractivity contribution in [3.8, 4) is 5.69 Å². The van der Waals surface area contributed by atoms with E-state index in [1.807, 2.05) is 0 Å². The van der Waals surface area contributed by atoms with E-state index in [2.05, 4.69) is 10.4 Å². The summed E-state index contributed by atoms with van der Waals surface area (Å²) in [4.78, 5) is 24.4. The number of halogens is 3. The molecule has 1 amide bonds. The molecule has 9 heteroatoms. The first-order chi connectivity index (χ1) is 12.1. The highest BCUT2D eigenvalue weighted by atomic mass is 19.4. The number of carbonyl (C=O) groups excluding carboxylic acids is 1. The zero-order valence-corrected chi connectivity index (χ0v) is 14.4. The SMILES string of the molecule is COC[C@H](C)NC(=O)c1nn(-c2ccccc2C(F)(F)F)c(C)cc1=O. The van der Waals surface area contributed by atoms with Gasteiger partial charge in [0.1, 0.15) is 0 Å². The average Bonchev–Trinajstić information content (AvgIpc) is 2.54. The molecule has 6 nitrogen and oxygen atoms in total. The van der Waals surface area contributed by atoms with Crippen LogP contribution in [0.25, 0.3) is 5.69 Å². The van der Waals surface area contributed by atoms with Gasteiger partial charge in [0.05, 0.1) is 17.9 Å². The minimum Gasteiger partial charge on any atom is -0.383 e. The van der Waals surface area contributed by atoms with E-state index in [1.54, 1.807) is 6.92 Å². The number of aromatic nitrogens is 2. The molecule has 0 spiro atoms. The van der Waals surface area contributed by atoms with Crippen LogP contribution in [0, 0.1) is 6.92 Å². The lowest BCUT2D eigenvalue weighted by molar-refractivity contribution is -0.137. The van der Waals surface area contributed by atoms with Gasteiger partial charge in [0.25, 0.3) is 5.91 Å². The second kappa shape index (κ2) is 7.69. The minimum absolute atomic E-state index is 0.174. The molecule has 0 aliphatic carbocycles. The Morgan fingerprint density at radius 1 is 1.35 bits per heavy atom. The number of para-hydroxylation sites is 1. The minimum atomic E-state index is -4.61. The number of benzene rings is 1. The van der Waals surface area contributed by atoms with E-state index in [0.717, 1.165) is 16.8 Å². The number of carbonyl (C=O) groups is 1. The predicted molar refractivity (Wildman–Crippen MR) is 88.4 cm³/mol. The normalized spacial score (nSPS) is 12.7. The van der Waals surface area contributed by atoms with Gasteiger partial charge in [-0.25, -0.2) is 4.68 Å². The zero-order valence-electron chi connectivity index (χ0n) is 14.4. The quantitative estimate of drug-likeness (QED) is 0.878. The summed E-state index contributed by atoms with van der Waals surface area (Å²) in [6.45, 7) is 3.31. The Morgan fingerprint density at radius 2 is 2.00 bits per heavy atom. The lowest BCUT2D eigenvalue weighted by atomic mass is 10.1. The molecule has 1 aromatic carbocycles. The Hall–Kier alpha value is -2.68. The maximum Gasteiger partial charge on any atom is 0.418 e. The van der Waals surface area contributed by atoms with Crippen LogP contribution in [0.15, 0.2) is 35.1 Å². The summed E-state index contributed by atoms with van der Waals surface area (Å²) in [5.41, 5.74) is -2.18. The summed E-state index contributed by atoms with van der Waals surface area (Å²) in [5.74, 6) is -0.780. The highest BCUT2D eigenvalue weighted by molar-refractivity contribution is 5.92. The van der Waals surface area contributed by atoms with Crippen LogP contribution >= 0.6 is 0 Å². The summed E-state index contributed by atoms with van der Waals surface area (Å²) in [5, 5.41) is 6.40. The van der Waals surface area contributed by atoms with Crippen molar-refractivity contribution in [1.82, 2.24) is 15.1 Å². The van der Waals surface area contributed by atoms with Crippen LogP contribution in [0.3, 0.4) is 0 Å². The van der Waals surface area contributed by atoms with Crippen molar-refractivity contribution in [1.29, 1.82) is 0 Å². The molecule has 1 heterocycles. The van der Waals surface area contributed by atoms with Gasteiger partial charge in [0, 0.05) is 24.9 Å². The fourth-order valence-corrected chi connectivity index (χ4v) is 2.43. The Kier molecular flexibility index (Phi) is 5.81. The summed E-state index contributed by atoms with van der Waals surface area (Å²) >= 11 is 0. The van der Waals surface area contributed by atoms with Crippen LogP contribution in [0.1, 0.15) is 28.7 Å². The van der Waals surface area contributed by atoms with Gasteiger partial charge in [-0.3, -0.25) is 9.59 Å². The molecule has 0 saturated carbocycles. The molecule has 0 fully saturated rings. The average molecular weight is 369 g/mol. The first-order valence-electron chi connectivity index (χ1n) is 7.72. The Labute approximate surface area is 147 Å². The predicted octanol–water partition coefficient (Wildman–Crippen LogP) is 2.32. The van der Waals surface area contributed by atoms with Crippen molar-refractivity contribution < 1.29 is 22.7 Å². The molecule has 1 aromatic heterocycles. The van der Waals surface area contributed by atoms with Crippen molar-refractivity contribution >= 4 is 5.91 Å². The number of ether oxygens (including phenoxy) is 1. The number of rotatable bonds is 5. The van der Waals surface area contributed by atoms with Gasteiger partial charge in [-0.1, -0.05) is 12.1 Å². The zero-order chi connectivity index (χ0) is 19.5. The molecule has 0 radical (unpaired) electrons. The van der Waals surface area contributed by atoms with Gasteiger partial charge < -0.3 is 10.1 Å². The van der Waals surface area contributed by atoms with Gasteiger partial charge >= 0.3 is 6.18 Å². The van der Waals surface area contributed by atoms with Crippen molar-refractivity contribution in [2.24, 2.45) is 0 Å². The Morgan fingerprint density at radius 3 is 2.62 bits per heavy atom. The standard InChI is InChI=1S/C17H18F3N3O3/c1-10(9-26-3)21-16(25)15-14(24)8-11(2)23(22-15)13-7-5-4-6-12(13)17(18,19)20/h4-8,10H,9H2,1-3H3,(H,21,25)/t10-/m0/s1. The van der Waals surface area contributed by atoms with Gasteiger partial charge in [0.2, 0.25) is 5.43 Å². The van der Waals surface area contributed by atoms with E-state index in [9.17, 15) is 22.8 Å². The van der Waals surface area contributed by atoms with Crippen LogP contribution in [-0.2, 0) is 10.9 Å². The number of methoxy groups -OCH3 is 1. The number of nitrogens with one attached hydrogen (secondary N) is 1. The van der Waals surface area contributed by atoms with Crippen molar-refractivity contribution in [2.75, 3.05) is 13.7 Å². The first kappa shape index (κ1) is 19.6. The highest BCUT2D eigenvalue weighted by Gasteiger charge is 2.34. The van der Waals surface area contributed by atoms with Crippen molar-refractivity contribution in [3.63, 3.8) is 0 Å². The van der Waals surface area contributed by atoms with Crippen LogP contribution in [0.5, 0.6) is 0 Å². The van der Waals surface area contributed by atoms with Gasteiger partial charge in [-0.2, -0.15) is 18.3 Å². The lowest BCUT2D eigenvalue weighted by Crippen LogP contribution is -2.39. The number of alkyl halides is 3. The number of nitrogens with zero attached hydrogens (tertiary/aromatic N) is 2. The van der Waals surface area contributed by atoms with E-state index in [-0.39, 0.29) is 18.0 Å². The summed E-state index contributed by atoms with van der Waals surface area (Å²) in [6.07, 6.45) is -4.61. The Balaban J connectivity index is 2.53. The van der Waals surface area contributed by atoms with E-state index in [4.69, 9.17) is 4.74 Å². The lowest BCUT2D eigenvalue weighted by Gasteiger charge is -2.17. The molecule has 0 saturated heterocycles. The van der Waals surface area contributed by atoms with Crippen LogP contribution in [-0.4, -0.2) is 35.4 Å². The molecule has 1 N–H and O–H groups in total. The molecular formula is C17H18F3N3O3. The second-order valence-corrected chi connectivity index (χ2v) is 5.76. The summed E-state index contributed by atoms with van der Waals surface area (Å²) < 4.78 is 45.6. The molecule has 2 aromatic rings. The molecule has 26 heavy (non-hydrogen) atoms. The molecule has 1 atom stereocenters. The van der Waals surface area contributed by atoms with E-state index >= 15 is 0 Å². The third-order valence-corrected chi connectivity index (χ3v) is 3.55. The molecule has 0 aliphatic rings. The van der Waals surface area contributed by atoms with Gasteiger partial charge in [-0.05, 0) is 26.0 Å².